The lowest BCUT2D eigenvalue weighted by molar-refractivity contribution is 0.0936. The van der Waals surface area contributed by atoms with Gasteiger partial charge in [-0.2, -0.15) is 0 Å². The molecule has 1 aromatic rings. The van der Waals surface area contributed by atoms with E-state index in [9.17, 15) is 9.59 Å². The first-order valence-electron chi connectivity index (χ1n) is 5.24. The summed E-state index contributed by atoms with van der Waals surface area (Å²) < 4.78 is 0. The monoisotopic (exact) mass is 224 g/mol. The van der Waals surface area contributed by atoms with E-state index in [0.29, 0.717) is 18.4 Å². The third-order valence-electron chi connectivity index (χ3n) is 2.21. The molecule has 5 nitrogen and oxygen atoms in total. The predicted octanol–water partition coefficient (Wildman–Crippen LogP) is 0.266. The summed E-state index contributed by atoms with van der Waals surface area (Å²) in [5.41, 5.74) is 0.0512. The molecular weight excluding hydrogens is 208 g/mol. The number of rotatable bonds is 5. The Balaban J connectivity index is 2.55. The molecule has 0 radical (unpaired) electrons. The molecule has 0 aromatic carbocycles. The summed E-state index contributed by atoms with van der Waals surface area (Å²) in [5.74, 6) is -0.267. The maximum atomic E-state index is 11.6. The molecule has 0 fully saturated rings. The van der Waals surface area contributed by atoms with Gasteiger partial charge in [-0.25, -0.2) is 0 Å². The van der Waals surface area contributed by atoms with Gasteiger partial charge in [0.1, 0.15) is 0 Å². The van der Waals surface area contributed by atoms with Crippen LogP contribution in [0.2, 0.25) is 0 Å². The lowest BCUT2D eigenvalue weighted by Gasteiger charge is -2.12. The summed E-state index contributed by atoms with van der Waals surface area (Å²) in [6.45, 7) is 1.98. The van der Waals surface area contributed by atoms with Crippen molar-refractivity contribution in [3.63, 3.8) is 0 Å². The van der Waals surface area contributed by atoms with Gasteiger partial charge in [0.05, 0.1) is 0 Å². The molecule has 0 aliphatic rings. The molecule has 0 aliphatic carbocycles. The largest absolute Gasteiger partial charge is 0.396 e. The molecule has 3 N–H and O–H groups in total. The second-order valence-corrected chi connectivity index (χ2v) is 3.68. The number of hydrogen-bond donors (Lipinski definition) is 3. The van der Waals surface area contributed by atoms with Crippen molar-refractivity contribution in [1.82, 2.24) is 10.3 Å². The number of amides is 1. The van der Waals surface area contributed by atoms with Gasteiger partial charge < -0.3 is 15.4 Å². The Morgan fingerprint density at radius 3 is 3.00 bits per heavy atom. The smallest absolute Gasteiger partial charge is 0.251 e. The predicted molar refractivity (Wildman–Crippen MR) is 60.3 cm³/mol. The maximum absolute atomic E-state index is 11.6. The van der Waals surface area contributed by atoms with Crippen molar-refractivity contribution in [2.24, 2.45) is 0 Å². The summed E-state index contributed by atoms with van der Waals surface area (Å²) in [6, 6.07) is 2.79. The van der Waals surface area contributed by atoms with Crippen LogP contribution in [0.25, 0.3) is 0 Å². The van der Waals surface area contributed by atoms with Crippen molar-refractivity contribution in [2.45, 2.75) is 25.8 Å². The van der Waals surface area contributed by atoms with E-state index in [-0.39, 0.29) is 24.1 Å². The zero-order chi connectivity index (χ0) is 12.0. The van der Waals surface area contributed by atoms with E-state index in [4.69, 9.17) is 5.11 Å². The van der Waals surface area contributed by atoms with E-state index < -0.39 is 0 Å². The molecule has 1 atom stereocenters. The summed E-state index contributed by atoms with van der Waals surface area (Å²) in [5, 5.41) is 11.4. The van der Waals surface area contributed by atoms with Crippen molar-refractivity contribution in [3.05, 3.63) is 34.2 Å². The van der Waals surface area contributed by atoms with Crippen LogP contribution in [-0.4, -0.2) is 28.6 Å². The second kappa shape index (κ2) is 6.07. The molecule has 88 valence electrons. The number of carbonyl (C=O) groups is 1. The molecule has 1 amide bonds. The molecule has 0 saturated heterocycles. The van der Waals surface area contributed by atoms with E-state index in [2.05, 4.69) is 10.3 Å². The van der Waals surface area contributed by atoms with Crippen LogP contribution in [0.5, 0.6) is 0 Å². The van der Waals surface area contributed by atoms with Crippen LogP contribution in [0.3, 0.4) is 0 Å². The van der Waals surface area contributed by atoms with Crippen molar-refractivity contribution < 1.29 is 9.90 Å². The van der Waals surface area contributed by atoms with Crippen LogP contribution in [0, 0.1) is 0 Å². The molecule has 1 unspecified atom stereocenters. The fourth-order valence-corrected chi connectivity index (χ4v) is 1.36. The van der Waals surface area contributed by atoms with Crippen LogP contribution in [0.4, 0.5) is 0 Å². The van der Waals surface area contributed by atoms with Crippen LogP contribution in [-0.2, 0) is 0 Å². The first kappa shape index (κ1) is 12.4. The quantitative estimate of drug-likeness (QED) is 0.671. The van der Waals surface area contributed by atoms with Crippen molar-refractivity contribution >= 4 is 5.91 Å². The third kappa shape index (κ3) is 3.86. The molecular formula is C11H16N2O3. The maximum Gasteiger partial charge on any atom is 0.251 e. The number of carbonyl (C=O) groups excluding carboxylic acids is 1. The Morgan fingerprint density at radius 2 is 2.38 bits per heavy atom. The van der Waals surface area contributed by atoms with E-state index >= 15 is 0 Å². The fourth-order valence-electron chi connectivity index (χ4n) is 1.36. The van der Waals surface area contributed by atoms with Gasteiger partial charge in [0.15, 0.2) is 0 Å². The Kier molecular flexibility index (Phi) is 4.72. The highest BCUT2D eigenvalue weighted by Gasteiger charge is 2.09. The topological polar surface area (TPSA) is 82.2 Å². The summed E-state index contributed by atoms with van der Waals surface area (Å²) in [7, 11) is 0. The minimum atomic E-state index is -0.296. The average Bonchev–Trinajstić information content (AvgIpc) is 2.26. The second-order valence-electron chi connectivity index (χ2n) is 3.68. The number of nitrogens with one attached hydrogen (secondary N) is 2. The summed E-state index contributed by atoms with van der Waals surface area (Å²) >= 11 is 0. The van der Waals surface area contributed by atoms with Crippen molar-refractivity contribution in [1.29, 1.82) is 0 Å². The SMILES string of the molecule is CC(CCCO)NC(=O)c1cc[nH]c(=O)c1. The van der Waals surface area contributed by atoms with E-state index in [0.717, 1.165) is 0 Å². The lowest BCUT2D eigenvalue weighted by atomic mass is 10.1. The number of H-pyrrole nitrogens is 1. The number of aromatic amines is 1. The molecule has 0 spiro atoms. The van der Waals surface area contributed by atoms with Crippen LogP contribution in [0.1, 0.15) is 30.1 Å². The molecule has 0 saturated carbocycles. The highest BCUT2D eigenvalue weighted by atomic mass is 16.3. The molecule has 0 aliphatic heterocycles. The Morgan fingerprint density at radius 1 is 1.62 bits per heavy atom. The Bertz CT molecular complexity index is 400. The first-order chi connectivity index (χ1) is 7.63. The molecule has 16 heavy (non-hydrogen) atoms. The van der Waals surface area contributed by atoms with Gasteiger partial charge >= 0.3 is 0 Å². The first-order valence-corrected chi connectivity index (χ1v) is 5.24. The Labute approximate surface area is 93.5 Å². The standard InChI is InChI=1S/C11H16N2O3/c1-8(3-2-6-14)13-11(16)9-4-5-12-10(15)7-9/h4-5,7-8,14H,2-3,6H2,1H3,(H,12,15)(H,13,16). The number of aliphatic hydroxyl groups excluding tert-OH is 1. The molecule has 1 rings (SSSR count). The van der Waals surface area contributed by atoms with E-state index in [1.54, 1.807) is 6.07 Å². The Hall–Kier alpha value is -1.62. The number of aromatic nitrogens is 1. The summed E-state index contributed by atoms with van der Waals surface area (Å²) in [6.07, 6.45) is 2.80. The fraction of sp³-hybridized carbons (Fsp3) is 0.455. The van der Waals surface area contributed by atoms with Gasteiger partial charge in [-0.05, 0) is 25.8 Å². The van der Waals surface area contributed by atoms with Gasteiger partial charge in [-0.15, -0.1) is 0 Å². The van der Waals surface area contributed by atoms with Crippen LogP contribution in [0.15, 0.2) is 23.1 Å². The zero-order valence-electron chi connectivity index (χ0n) is 9.19. The van der Waals surface area contributed by atoms with Gasteiger partial charge in [0.2, 0.25) is 5.56 Å². The highest BCUT2D eigenvalue weighted by molar-refractivity contribution is 5.94. The molecule has 1 aromatic heterocycles. The van der Waals surface area contributed by atoms with Crippen molar-refractivity contribution in [2.75, 3.05) is 6.61 Å². The number of hydrogen-bond acceptors (Lipinski definition) is 3. The highest BCUT2D eigenvalue weighted by Crippen LogP contribution is 1.99. The molecule has 5 heteroatoms. The van der Waals surface area contributed by atoms with Gasteiger partial charge in [-0.3, -0.25) is 9.59 Å². The zero-order valence-corrected chi connectivity index (χ0v) is 9.19. The third-order valence-corrected chi connectivity index (χ3v) is 2.21. The van der Waals surface area contributed by atoms with Crippen molar-refractivity contribution in [3.8, 4) is 0 Å². The number of aliphatic hydroxyl groups is 1. The van der Waals surface area contributed by atoms with Crippen LogP contribution >= 0.6 is 0 Å². The van der Waals surface area contributed by atoms with Gasteiger partial charge in [-0.1, -0.05) is 0 Å². The number of pyridine rings is 1. The van der Waals surface area contributed by atoms with Gasteiger partial charge in [0, 0.05) is 30.5 Å². The normalized spacial score (nSPS) is 12.1. The minimum Gasteiger partial charge on any atom is -0.396 e. The van der Waals surface area contributed by atoms with E-state index in [1.165, 1.54) is 12.3 Å². The van der Waals surface area contributed by atoms with E-state index in [1.807, 2.05) is 6.92 Å². The van der Waals surface area contributed by atoms with Gasteiger partial charge in [0.25, 0.3) is 5.91 Å². The lowest BCUT2D eigenvalue weighted by Crippen LogP contribution is -2.33. The summed E-state index contributed by atoms with van der Waals surface area (Å²) in [4.78, 5) is 25.1. The van der Waals surface area contributed by atoms with Crippen LogP contribution < -0.4 is 10.9 Å². The molecule has 1 heterocycles. The minimum absolute atomic E-state index is 0.0149. The molecule has 0 bridgehead atoms. The average molecular weight is 224 g/mol.